The molecule has 74 valence electrons. The normalized spacial score (nSPS) is 30.1. The van der Waals surface area contributed by atoms with Crippen LogP contribution in [0.1, 0.15) is 34.6 Å². The Morgan fingerprint density at radius 2 is 1.31 bits per heavy atom. The largest absolute Gasteiger partial charge is 0.277 e. The number of carbonyl (C=O) groups excluding carboxylic acids is 2. The second-order valence-corrected chi connectivity index (χ2v) is 4.76. The number of hydrogen-bond donors (Lipinski definition) is 0. The molecular formula is C10H17NO2. The summed E-state index contributed by atoms with van der Waals surface area (Å²) in [5.74, 6) is -0.395. The van der Waals surface area contributed by atoms with Crippen LogP contribution < -0.4 is 0 Å². The van der Waals surface area contributed by atoms with Crippen LogP contribution in [-0.4, -0.2) is 22.3 Å². The molecule has 1 saturated heterocycles. The predicted octanol–water partition coefficient (Wildman–Crippen LogP) is 1.43. The summed E-state index contributed by atoms with van der Waals surface area (Å²) in [5, 5.41) is 0. The van der Waals surface area contributed by atoms with Crippen molar-refractivity contribution in [3.05, 3.63) is 0 Å². The second-order valence-electron chi connectivity index (χ2n) is 4.76. The second kappa shape index (κ2) is 2.82. The maximum absolute atomic E-state index is 11.7. The van der Waals surface area contributed by atoms with Crippen LogP contribution in [0, 0.1) is 11.8 Å². The van der Waals surface area contributed by atoms with Crippen molar-refractivity contribution in [3.63, 3.8) is 0 Å². The van der Waals surface area contributed by atoms with E-state index in [2.05, 4.69) is 0 Å². The molecule has 1 rings (SSSR count). The third-order valence-corrected chi connectivity index (χ3v) is 2.64. The highest BCUT2D eigenvalue weighted by Gasteiger charge is 2.46. The van der Waals surface area contributed by atoms with Crippen molar-refractivity contribution in [2.24, 2.45) is 11.8 Å². The minimum absolute atomic E-state index is 0.0370. The SMILES string of the molecule is CC1C(=O)N(C(C)(C)C)C(=O)C1C. The zero-order valence-electron chi connectivity index (χ0n) is 8.92. The van der Waals surface area contributed by atoms with Gasteiger partial charge in [-0.3, -0.25) is 14.5 Å². The van der Waals surface area contributed by atoms with Crippen molar-refractivity contribution < 1.29 is 9.59 Å². The Kier molecular flexibility index (Phi) is 2.22. The van der Waals surface area contributed by atoms with E-state index in [-0.39, 0.29) is 29.2 Å². The van der Waals surface area contributed by atoms with Gasteiger partial charge in [-0.1, -0.05) is 13.8 Å². The lowest BCUT2D eigenvalue weighted by Gasteiger charge is -2.30. The van der Waals surface area contributed by atoms with E-state index in [1.807, 2.05) is 34.6 Å². The number of nitrogens with zero attached hydrogens (tertiary/aromatic N) is 1. The molecule has 0 aromatic heterocycles. The van der Waals surface area contributed by atoms with Crippen LogP contribution in [0.25, 0.3) is 0 Å². The Balaban J connectivity index is 3.02. The summed E-state index contributed by atoms with van der Waals surface area (Å²) in [5.41, 5.74) is -0.382. The lowest BCUT2D eigenvalue weighted by atomic mass is 10.00. The van der Waals surface area contributed by atoms with Gasteiger partial charge < -0.3 is 0 Å². The van der Waals surface area contributed by atoms with Crippen molar-refractivity contribution in [1.29, 1.82) is 0 Å². The van der Waals surface area contributed by atoms with Crippen molar-refractivity contribution in [2.75, 3.05) is 0 Å². The van der Waals surface area contributed by atoms with Crippen LogP contribution in [0.5, 0.6) is 0 Å². The molecule has 1 aliphatic rings. The van der Waals surface area contributed by atoms with Crippen LogP contribution in [0.15, 0.2) is 0 Å². The Labute approximate surface area is 79.1 Å². The fourth-order valence-electron chi connectivity index (χ4n) is 1.60. The summed E-state index contributed by atoms with van der Waals surface area (Å²) in [4.78, 5) is 24.7. The van der Waals surface area contributed by atoms with E-state index in [0.29, 0.717) is 0 Å². The average Bonchev–Trinajstić information content (AvgIpc) is 2.14. The van der Waals surface area contributed by atoms with E-state index in [4.69, 9.17) is 0 Å². The topological polar surface area (TPSA) is 37.4 Å². The molecule has 0 aromatic rings. The molecule has 0 bridgehead atoms. The molecule has 3 nitrogen and oxygen atoms in total. The van der Waals surface area contributed by atoms with Crippen molar-refractivity contribution in [3.8, 4) is 0 Å². The Hall–Kier alpha value is -0.860. The van der Waals surface area contributed by atoms with Gasteiger partial charge >= 0.3 is 0 Å². The van der Waals surface area contributed by atoms with Crippen LogP contribution >= 0.6 is 0 Å². The molecule has 13 heavy (non-hydrogen) atoms. The van der Waals surface area contributed by atoms with Crippen LogP contribution in [0.3, 0.4) is 0 Å². The summed E-state index contributed by atoms with van der Waals surface area (Å²) >= 11 is 0. The molecule has 2 unspecified atom stereocenters. The molecule has 1 heterocycles. The fraction of sp³-hybridized carbons (Fsp3) is 0.800. The van der Waals surface area contributed by atoms with Gasteiger partial charge in [-0.15, -0.1) is 0 Å². The summed E-state index contributed by atoms with van der Waals surface area (Å²) < 4.78 is 0. The molecule has 0 radical (unpaired) electrons. The van der Waals surface area contributed by atoms with E-state index >= 15 is 0 Å². The Morgan fingerprint density at radius 3 is 1.46 bits per heavy atom. The molecule has 0 N–H and O–H groups in total. The van der Waals surface area contributed by atoms with E-state index in [0.717, 1.165) is 0 Å². The molecule has 2 amide bonds. The molecule has 0 spiro atoms. The van der Waals surface area contributed by atoms with Crippen molar-refractivity contribution in [1.82, 2.24) is 4.90 Å². The molecule has 0 saturated carbocycles. The lowest BCUT2D eigenvalue weighted by molar-refractivity contribution is -0.145. The molecule has 0 aliphatic carbocycles. The van der Waals surface area contributed by atoms with Crippen LogP contribution in [-0.2, 0) is 9.59 Å². The third-order valence-electron chi connectivity index (χ3n) is 2.64. The minimum atomic E-state index is -0.382. The maximum atomic E-state index is 11.7. The van der Waals surface area contributed by atoms with Gasteiger partial charge in [0, 0.05) is 17.4 Å². The third kappa shape index (κ3) is 1.47. The van der Waals surface area contributed by atoms with E-state index in [9.17, 15) is 9.59 Å². The van der Waals surface area contributed by atoms with Gasteiger partial charge in [0.2, 0.25) is 11.8 Å². The average molecular weight is 183 g/mol. The van der Waals surface area contributed by atoms with Crippen molar-refractivity contribution in [2.45, 2.75) is 40.2 Å². The molecule has 1 aliphatic heterocycles. The smallest absolute Gasteiger partial charge is 0.233 e. The first kappa shape index (κ1) is 10.2. The highest BCUT2D eigenvalue weighted by molar-refractivity contribution is 6.05. The Bertz CT molecular complexity index is 232. The quantitative estimate of drug-likeness (QED) is 0.533. The van der Waals surface area contributed by atoms with Gasteiger partial charge in [0.05, 0.1) is 0 Å². The lowest BCUT2D eigenvalue weighted by Crippen LogP contribution is -2.45. The van der Waals surface area contributed by atoms with Crippen LogP contribution in [0.2, 0.25) is 0 Å². The van der Waals surface area contributed by atoms with E-state index < -0.39 is 0 Å². The number of hydrogen-bond acceptors (Lipinski definition) is 2. The molecule has 3 heteroatoms. The monoisotopic (exact) mass is 183 g/mol. The van der Waals surface area contributed by atoms with Gasteiger partial charge in [-0.25, -0.2) is 0 Å². The Morgan fingerprint density at radius 1 is 1.00 bits per heavy atom. The number of likely N-dealkylation sites (tertiary alicyclic amines) is 1. The number of carbonyl (C=O) groups is 2. The summed E-state index contributed by atoms with van der Waals surface area (Å²) in [6.07, 6.45) is 0. The zero-order valence-corrected chi connectivity index (χ0v) is 8.92. The number of rotatable bonds is 0. The van der Waals surface area contributed by atoms with Gasteiger partial charge in [-0.05, 0) is 20.8 Å². The first-order valence-electron chi connectivity index (χ1n) is 4.64. The first-order valence-corrected chi connectivity index (χ1v) is 4.64. The number of amides is 2. The standard InChI is InChI=1S/C10H17NO2/c1-6-7(2)9(13)11(8(6)12)10(3,4)5/h6-7H,1-5H3. The molecule has 0 aromatic carbocycles. The highest BCUT2D eigenvalue weighted by atomic mass is 16.2. The van der Waals surface area contributed by atoms with Gasteiger partial charge in [0.15, 0.2) is 0 Å². The predicted molar refractivity (Wildman–Crippen MR) is 49.9 cm³/mol. The zero-order chi connectivity index (χ0) is 10.4. The van der Waals surface area contributed by atoms with E-state index in [1.165, 1.54) is 4.90 Å². The van der Waals surface area contributed by atoms with Crippen molar-refractivity contribution >= 4 is 11.8 Å². The van der Waals surface area contributed by atoms with Gasteiger partial charge in [0.1, 0.15) is 0 Å². The molecule has 2 atom stereocenters. The van der Waals surface area contributed by atoms with Gasteiger partial charge in [0.25, 0.3) is 0 Å². The first-order chi connectivity index (χ1) is 5.76. The minimum Gasteiger partial charge on any atom is -0.277 e. The molecule has 1 fully saturated rings. The van der Waals surface area contributed by atoms with Gasteiger partial charge in [-0.2, -0.15) is 0 Å². The van der Waals surface area contributed by atoms with Crippen LogP contribution in [0.4, 0.5) is 0 Å². The molecular weight excluding hydrogens is 166 g/mol. The highest BCUT2D eigenvalue weighted by Crippen LogP contribution is 2.30. The maximum Gasteiger partial charge on any atom is 0.233 e. The summed E-state index contributed by atoms with van der Waals surface area (Å²) in [6, 6.07) is 0. The summed E-state index contributed by atoms with van der Waals surface area (Å²) in [6.45, 7) is 9.28. The fourth-order valence-corrected chi connectivity index (χ4v) is 1.60. The van der Waals surface area contributed by atoms with E-state index in [1.54, 1.807) is 0 Å². The number of imide groups is 1. The summed E-state index contributed by atoms with van der Waals surface area (Å²) in [7, 11) is 0.